The van der Waals surface area contributed by atoms with Crippen LogP contribution in [-0.2, 0) is 10.2 Å². The van der Waals surface area contributed by atoms with Gasteiger partial charge in [-0.2, -0.15) is 0 Å². The Labute approximate surface area is 111 Å². The summed E-state index contributed by atoms with van der Waals surface area (Å²) in [6.07, 6.45) is 1.51. The van der Waals surface area contributed by atoms with Gasteiger partial charge in [0.1, 0.15) is 5.01 Å². The zero-order chi connectivity index (χ0) is 12.0. The molecule has 1 saturated carbocycles. The number of rotatable bonds is 2. The van der Waals surface area contributed by atoms with Crippen LogP contribution in [0.1, 0.15) is 38.6 Å². The Hall–Kier alpha value is -0.720. The van der Waals surface area contributed by atoms with Crippen LogP contribution in [0.15, 0.2) is 0 Å². The van der Waals surface area contributed by atoms with E-state index in [-0.39, 0.29) is 23.7 Å². The van der Waals surface area contributed by atoms with E-state index in [0.717, 1.165) is 17.8 Å². The highest BCUT2D eigenvalue weighted by atomic mass is 35.5. The van der Waals surface area contributed by atoms with Crippen molar-refractivity contribution >= 4 is 34.8 Å². The summed E-state index contributed by atoms with van der Waals surface area (Å²) >= 11 is 1.40. The van der Waals surface area contributed by atoms with E-state index >= 15 is 0 Å². The molecule has 1 aromatic heterocycles. The van der Waals surface area contributed by atoms with E-state index < -0.39 is 5.54 Å². The van der Waals surface area contributed by atoms with Gasteiger partial charge < -0.3 is 5.73 Å². The highest BCUT2D eigenvalue weighted by molar-refractivity contribution is 7.15. The fourth-order valence-electron chi connectivity index (χ4n) is 1.16. The van der Waals surface area contributed by atoms with Crippen molar-refractivity contribution < 1.29 is 4.79 Å². The van der Waals surface area contributed by atoms with Gasteiger partial charge in [0.05, 0.1) is 5.54 Å². The first-order valence-electron chi connectivity index (χ1n) is 5.26. The maximum atomic E-state index is 11.7. The van der Waals surface area contributed by atoms with E-state index in [4.69, 9.17) is 5.73 Å². The van der Waals surface area contributed by atoms with Crippen LogP contribution in [0.25, 0.3) is 0 Å². The highest BCUT2D eigenvalue weighted by Gasteiger charge is 2.46. The van der Waals surface area contributed by atoms with Crippen molar-refractivity contribution in [2.45, 2.75) is 44.6 Å². The second kappa shape index (κ2) is 4.51. The number of nitrogens with two attached hydrogens (primary N) is 1. The van der Waals surface area contributed by atoms with Gasteiger partial charge in [0, 0.05) is 5.41 Å². The van der Waals surface area contributed by atoms with Crippen LogP contribution in [0.5, 0.6) is 0 Å². The van der Waals surface area contributed by atoms with Crippen LogP contribution in [0.4, 0.5) is 5.13 Å². The first-order valence-corrected chi connectivity index (χ1v) is 6.07. The van der Waals surface area contributed by atoms with E-state index in [0.29, 0.717) is 5.13 Å². The highest BCUT2D eigenvalue weighted by Crippen LogP contribution is 2.34. The normalized spacial score (nSPS) is 17.2. The SMILES string of the molecule is CC(C)(C)c1nnc(NC(=O)C2(N)CC2)s1.Cl. The van der Waals surface area contributed by atoms with E-state index in [1.165, 1.54) is 11.3 Å². The fourth-order valence-corrected chi connectivity index (χ4v) is 1.96. The van der Waals surface area contributed by atoms with Crippen LogP contribution in [0.2, 0.25) is 0 Å². The number of hydrogen-bond acceptors (Lipinski definition) is 5. The minimum Gasteiger partial charge on any atom is -0.317 e. The van der Waals surface area contributed by atoms with Crippen LogP contribution >= 0.6 is 23.7 Å². The Morgan fingerprint density at radius 1 is 1.41 bits per heavy atom. The molecule has 2 rings (SSSR count). The summed E-state index contributed by atoms with van der Waals surface area (Å²) in [5.41, 5.74) is 5.07. The molecule has 1 amide bonds. The van der Waals surface area contributed by atoms with E-state index in [1.54, 1.807) is 0 Å². The number of aromatic nitrogens is 2. The van der Waals surface area contributed by atoms with Crippen molar-refractivity contribution in [1.82, 2.24) is 10.2 Å². The van der Waals surface area contributed by atoms with Crippen molar-refractivity contribution in [1.29, 1.82) is 0 Å². The van der Waals surface area contributed by atoms with Gasteiger partial charge in [-0.3, -0.25) is 10.1 Å². The van der Waals surface area contributed by atoms with Crippen molar-refractivity contribution in [3.63, 3.8) is 0 Å². The largest absolute Gasteiger partial charge is 0.317 e. The van der Waals surface area contributed by atoms with Gasteiger partial charge in [0.2, 0.25) is 11.0 Å². The number of carbonyl (C=O) groups is 1. The molecule has 1 aliphatic carbocycles. The van der Waals surface area contributed by atoms with Gasteiger partial charge >= 0.3 is 0 Å². The lowest BCUT2D eigenvalue weighted by atomic mass is 9.98. The smallest absolute Gasteiger partial charge is 0.246 e. The van der Waals surface area contributed by atoms with Crippen molar-refractivity contribution in [3.05, 3.63) is 5.01 Å². The first kappa shape index (κ1) is 14.3. The van der Waals surface area contributed by atoms with E-state index in [2.05, 4.69) is 36.3 Å². The van der Waals surface area contributed by atoms with Gasteiger partial charge in [-0.1, -0.05) is 32.1 Å². The molecule has 1 heterocycles. The summed E-state index contributed by atoms with van der Waals surface area (Å²) < 4.78 is 0. The van der Waals surface area contributed by atoms with Gasteiger partial charge in [0.15, 0.2) is 0 Å². The Balaban J connectivity index is 0.00000144. The minimum atomic E-state index is -0.659. The molecule has 0 bridgehead atoms. The summed E-state index contributed by atoms with van der Waals surface area (Å²) in [6, 6.07) is 0. The number of amides is 1. The number of halogens is 1. The first-order chi connectivity index (χ1) is 7.31. The Morgan fingerprint density at radius 3 is 2.41 bits per heavy atom. The molecule has 1 aliphatic rings. The zero-order valence-electron chi connectivity index (χ0n) is 10.1. The van der Waals surface area contributed by atoms with Gasteiger partial charge in [-0.25, -0.2) is 0 Å². The molecule has 7 heteroatoms. The molecule has 0 spiro atoms. The summed E-state index contributed by atoms with van der Waals surface area (Å²) in [7, 11) is 0. The summed E-state index contributed by atoms with van der Waals surface area (Å²) in [4.78, 5) is 11.7. The topological polar surface area (TPSA) is 80.9 Å². The van der Waals surface area contributed by atoms with Crippen LogP contribution in [-0.4, -0.2) is 21.6 Å². The van der Waals surface area contributed by atoms with Gasteiger partial charge in [-0.05, 0) is 12.8 Å². The average Bonchev–Trinajstić information content (AvgIpc) is 2.75. The second-order valence-corrected chi connectivity index (χ2v) is 6.25. The molecule has 1 aromatic rings. The predicted octanol–water partition coefficient (Wildman–Crippen LogP) is 1.69. The second-order valence-electron chi connectivity index (χ2n) is 5.27. The molecular weight excluding hydrogens is 260 g/mol. The number of anilines is 1. The minimum absolute atomic E-state index is 0. The average molecular weight is 277 g/mol. The molecule has 3 N–H and O–H groups in total. The van der Waals surface area contributed by atoms with E-state index in [9.17, 15) is 4.79 Å². The van der Waals surface area contributed by atoms with Crippen molar-refractivity contribution in [2.75, 3.05) is 5.32 Å². The summed E-state index contributed by atoms with van der Waals surface area (Å²) in [5, 5.41) is 12.2. The standard InChI is InChI=1S/C10H16N4OS.ClH/c1-9(2,3)7-13-14-8(16-7)12-6(15)10(11)4-5-10;/h4-5,11H2,1-3H3,(H,12,14,15);1H. The monoisotopic (exact) mass is 276 g/mol. The third kappa shape index (κ3) is 3.14. The molecular formula is C10H17ClN4OS. The quantitative estimate of drug-likeness (QED) is 0.861. The predicted molar refractivity (Wildman–Crippen MR) is 70.6 cm³/mol. The molecule has 0 aromatic carbocycles. The number of nitrogens with zero attached hydrogens (tertiary/aromatic N) is 2. The molecule has 17 heavy (non-hydrogen) atoms. The molecule has 96 valence electrons. The zero-order valence-corrected chi connectivity index (χ0v) is 11.7. The van der Waals surface area contributed by atoms with Crippen LogP contribution in [0, 0.1) is 0 Å². The fraction of sp³-hybridized carbons (Fsp3) is 0.700. The van der Waals surface area contributed by atoms with Crippen LogP contribution in [0.3, 0.4) is 0 Å². The summed E-state index contributed by atoms with van der Waals surface area (Å²) in [6.45, 7) is 6.18. The summed E-state index contributed by atoms with van der Waals surface area (Å²) in [5.74, 6) is -0.149. The number of carbonyl (C=O) groups excluding carboxylic acids is 1. The molecule has 0 atom stereocenters. The maximum Gasteiger partial charge on any atom is 0.246 e. The molecule has 0 saturated heterocycles. The third-order valence-electron chi connectivity index (χ3n) is 2.53. The molecule has 0 unspecified atom stereocenters. The molecule has 1 fully saturated rings. The lowest BCUT2D eigenvalue weighted by Crippen LogP contribution is -2.37. The third-order valence-corrected chi connectivity index (χ3v) is 3.79. The lowest BCUT2D eigenvalue weighted by molar-refractivity contribution is -0.118. The van der Waals surface area contributed by atoms with Gasteiger partial charge in [-0.15, -0.1) is 22.6 Å². The number of nitrogens with one attached hydrogen (secondary N) is 1. The van der Waals surface area contributed by atoms with E-state index in [1.807, 2.05) is 0 Å². The van der Waals surface area contributed by atoms with Crippen LogP contribution < -0.4 is 11.1 Å². The van der Waals surface area contributed by atoms with Crippen molar-refractivity contribution in [3.8, 4) is 0 Å². The van der Waals surface area contributed by atoms with Gasteiger partial charge in [0.25, 0.3) is 0 Å². The Kier molecular flexibility index (Phi) is 3.81. The molecule has 0 aliphatic heterocycles. The Bertz CT molecular complexity index is 422. The molecule has 5 nitrogen and oxygen atoms in total. The molecule has 0 radical (unpaired) electrons. The maximum absolute atomic E-state index is 11.7. The van der Waals surface area contributed by atoms with Crippen molar-refractivity contribution in [2.24, 2.45) is 5.73 Å². The lowest BCUT2D eigenvalue weighted by Gasteiger charge is -2.12. The Morgan fingerprint density at radius 2 is 2.00 bits per heavy atom. The number of hydrogen-bond donors (Lipinski definition) is 2.